The molecule has 0 heterocycles. The molecule has 0 bridgehead atoms. The van der Waals surface area contributed by atoms with Crippen molar-refractivity contribution in [3.05, 3.63) is 59.7 Å². The van der Waals surface area contributed by atoms with Crippen molar-refractivity contribution in [1.29, 1.82) is 0 Å². The molecule has 0 fully saturated rings. The number of ether oxygens (including phenoxy) is 1. The normalized spacial score (nSPS) is 11.4. The van der Waals surface area contributed by atoms with Crippen molar-refractivity contribution in [3.8, 4) is 5.75 Å². The molecular formula is C18H22N2O4S. The molecule has 2 aromatic carbocycles. The summed E-state index contributed by atoms with van der Waals surface area (Å²) in [6.07, 6.45) is 0.672. The van der Waals surface area contributed by atoms with Crippen molar-refractivity contribution in [2.75, 3.05) is 27.7 Å². The predicted molar refractivity (Wildman–Crippen MR) is 96.3 cm³/mol. The van der Waals surface area contributed by atoms with E-state index in [1.165, 1.54) is 26.2 Å². The Kier molecular flexibility index (Phi) is 6.17. The average Bonchev–Trinajstić information content (AvgIpc) is 2.62. The molecule has 134 valence electrons. The van der Waals surface area contributed by atoms with E-state index < -0.39 is 10.0 Å². The monoisotopic (exact) mass is 362 g/mol. The minimum absolute atomic E-state index is 0.0975. The van der Waals surface area contributed by atoms with Crippen LogP contribution in [-0.2, 0) is 16.4 Å². The van der Waals surface area contributed by atoms with Gasteiger partial charge in [0.05, 0.1) is 12.0 Å². The van der Waals surface area contributed by atoms with Gasteiger partial charge in [-0.05, 0) is 42.3 Å². The molecule has 0 aliphatic heterocycles. The zero-order valence-electron chi connectivity index (χ0n) is 14.5. The zero-order valence-corrected chi connectivity index (χ0v) is 15.3. The lowest BCUT2D eigenvalue weighted by atomic mass is 10.1. The SMILES string of the molecule is COc1ccc(CCNC(=O)c2cccc(S(=O)(=O)N(C)C)c2)cc1. The molecule has 0 aromatic heterocycles. The van der Waals surface area contributed by atoms with Crippen LogP contribution in [0.1, 0.15) is 15.9 Å². The first-order valence-electron chi connectivity index (χ1n) is 7.78. The van der Waals surface area contributed by atoms with Gasteiger partial charge in [-0.25, -0.2) is 12.7 Å². The summed E-state index contributed by atoms with van der Waals surface area (Å²) < 4.78 is 30.5. The third-order valence-electron chi connectivity index (χ3n) is 3.73. The van der Waals surface area contributed by atoms with E-state index in [2.05, 4.69) is 5.32 Å². The van der Waals surface area contributed by atoms with E-state index >= 15 is 0 Å². The molecule has 0 unspecified atom stereocenters. The predicted octanol–water partition coefficient (Wildman–Crippen LogP) is 1.92. The highest BCUT2D eigenvalue weighted by Crippen LogP contribution is 2.15. The maximum atomic E-state index is 12.2. The Morgan fingerprint density at radius 1 is 1.12 bits per heavy atom. The van der Waals surface area contributed by atoms with Crippen LogP contribution in [0.25, 0.3) is 0 Å². The van der Waals surface area contributed by atoms with Crippen LogP contribution >= 0.6 is 0 Å². The van der Waals surface area contributed by atoms with Gasteiger partial charge in [0, 0.05) is 26.2 Å². The summed E-state index contributed by atoms with van der Waals surface area (Å²) in [6, 6.07) is 13.6. The van der Waals surface area contributed by atoms with Crippen LogP contribution in [0.4, 0.5) is 0 Å². The van der Waals surface area contributed by atoms with E-state index in [-0.39, 0.29) is 10.8 Å². The highest BCUT2D eigenvalue weighted by atomic mass is 32.2. The molecule has 7 heteroatoms. The Balaban J connectivity index is 1.99. The quantitative estimate of drug-likeness (QED) is 0.816. The second kappa shape index (κ2) is 8.13. The maximum absolute atomic E-state index is 12.2. The minimum atomic E-state index is -3.56. The van der Waals surface area contributed by atoms with Crippen molar-refractivity contribution in [1.82, 2.24) is 9.62 Å². The van der Waals surface area contributed by atoms with Crippen molar-refractivity contribution >= 4 is 15.9 Å². The van der Waals surface area contributed by atoms with Gasteiger partial charge < -0.3 is 10.1 Å². The van der Waals surface area contributed by atoms with Crippen molar-refractivity contribution < 1.29 is 17.9 Å². The number of sulfonamides is 1. The third kappa shape index (κ3) is 4.80. The molecule has 0 atom stereocenters. The highest BCUT2D eigenvalue weighted by molar-refractivity contribution is 7.89. The fourth-order valence-electron chi connectivity index (χ4n) is 2.22. The van der Waals surface area contributed by atoms with Gasteiger partial charge in [0.1, 0.15) is 5.75 Å². The second-order valence-electron chi connectivity index (χ2n) is 5.67. The first kappa shape index (κ1) is 19.0. The van der Waals surface area contributed by atoms with Crippen LogP contribution in [-0.4, -0.2) is 46.4 Å². The molecule has 2 rings (SSSR count). The number of benzene rings is 2. The number of hydrogen-bond acceptors (Lipinski definition) is 4. The van der Waals surface area contributed by atoms with E-state index in [1.807, 2.05) is 24.3 Å². The largest absolute Gasteiger partial charge is 0.497 e. The number of hydrogen-bond donors (Lipinski definition) is 1. The Morgan fingerprint density at radius 3 is 2.40 bits per heavy atom. The van der Waals surface area contributed by atoms with Gasteiger partial charge in [-0.1, -0.05) is 18.2 Å². The number of carbonyl (C=O) groups excluding carboxylic acids is 1. The Hall–Kier alpha value is -2.38. The first-order chi connectivity index (χ1) is 11.8. The van der Waals surface area contributed by atoms with Crippen LogP contribution in [0.15, 0.2) is 53.4 Å². The number of methoxy groups -OCH3 is 1. The molecule has 25 heavy (non-hydrogen) atoms. The molecule has 0 aliphatic rings. The van der Waals surface area contributed by atoms with Gasteiger partial charge in [-0.2, -0.15) is 0 Å². The number of nitrogens with one attached hydrogen (secondary N) is 1. The van der Waals surface area contributed by atoms with E-state index in [1.54, 1.807) is 19.2 Å². The number of nitrogens with zero attached hydrogens (tertiary/aromatic N) is 1. The van der Waals surface area contributed by atoms with Crippen LogP contribution < -0.4 is 10.1 Å². The molecular weight excluding hydrogens is 340 g/mol. The summed E-state index contributed by atoms with van der Waals surface area (Å²) >= 11 is 0. The summed E-state index contributed by atoms with van der Waals surface area (Å²) in [5.74, 6) is 0.482. The second-order valence-corrected chi connectivity index (χ2v) is 7.82. The summed E-state index contributed by atoms with van der Waals surface area (Å²) in [5.41, 5.74) is 1.39. The van der Waals surface area contributed by atoms with Gasteiger partial charge in [0.25, 0.3) is 5.91 Å². The van der Waals surface area contributed by atoms with Crippen molar-refractivity contribution in [2.45, 2.75) is 11.3 Å². The average molecular weight is 362 g/mol. The first-order valence-corrected chi connectivity index (χ1v) is 9.22. The fourth-order valence-corrected chi connectivity index (χ4v) is 3.17. The number of rotatable bonds is 7. The van der Waals surface area contributed by atoms with Crippen LogP contribution in [0, 0.1) is 0 Å². The Labute approximate surface area is 148 Å². The zero-order chi connectivity index (χ0) is 18.4. The smallest absolute Gasteiger partial charge is 0.251 e. The molecule has 0 radical (unpaired) electrons. The summed E-state index contributed by atoms with van der Waals surface area (Å²) in [7, 11) is 0.960. The van der Waals surface area contributed by atoms with Gasteiger partial charge in [-0.15, -0.1) is 0 Å². The van der Waals surface area contributed by atoms with E-state index in [4.69, 9.17) is 4.74 Å². The van der Waals surface area contributed by atoms with Crippen LogP contribution in [0.5, 0.6) is 5.75 Å². The Morgan fingerprint density at radius 2 is 1.80 bits per heavy atom. The van der Waals surface area contributed by atoms with Gasteiger partial charge >= 0.3 is 0 Å². The lowest BCUT2D eigenvalue weighted by Gasteiger charge is -2.12. The van der Waals surface area contributed by atoms with Crippen molar-refractivity contribution in [2.24, 2.45) is 0 Å². The van der Waals surface area contributed by atoms with Crippen LogP contribution in [0.3, 0.4) is 0 Å². The van der Waals surface area contributed by atoms with Gasteiger partial charge in [0.2, 0.25) is 10.0 Å². The molecule has 0 aliphatic carbocycles. The molecule has 0 spiro atoms. The van der Waals surface area contributed by atoms with E-state index in [0.29, 0.717) is 18.5 Å². The molecule has 2 aromatic rings. The standard InChI is InChI=1S/C18H22N2O4S/c1-20(2)25(22,23)17-6-4-5-15(13-17)18(21)19-12-11-14-7-9-16(24-3)10-8-14/h4-10,13H,11-12H2,1-3H3,(H,19,21). The van der Waals surface area contributed by atoms with E-state index in [9.17, 15) is 13.2 Å². The van der Waals surface area contributed by atoms with Gasteiger partial charge in [0.15, 0.2) is 0 Å². The molecule has 6 nitrogen and oxygen atoms in total. The van der Waals surface area contributed by atoms with Crippen molar-refractivity contribution in [3.63, 3.8) is 0 Å². The highest BCUT2D eigenvalue weighted by Gasteiger charge is 2.18. The molecule has 0 saturated heterocycles. The fraction of sp³-hybridized carbons (Fsp3) is 0.278. The van der Waals surface area contributed by atoms with E-state index in [0.717, 1.165) is 15.6 Å². The van der Waals surface area contributed by atoms with Gasteiger partial charge in [-0.3, -0.25) is 4.79 Å². The summed E-state index contributed by atoms with van der Waals surface area (Å²) in [4.78, 5) is 12.3. The number of amides is 1. The topological polar surface area (TPSA) is 75.7 Å². The maximum Gasteiger partial charge on any atom is 0.251 e. The minimum Gasteiger partial charge on any atom is -0.497 e. The van der Waals surface area contributed by atoms with Crippen LogP contribution in [0.2, 0.25) is 0 Å². The lowest BCUT2D eigenvalue weighted by molar-refractivity contribution is 0.0954. The third-order valence-corrected chi connectivity index (χ3v) is 5.54. The molecule has 0 saturated carbocycles. The summed E-state index contributed by atoms with van der Waals surface area (Å²) in [5, 5.41) is 2.81. The molecule has 1 amide bonds. The lowest BCUT2D eigenvalue weighted by Crippen LogP contribution is -2.26. The molecule has 1 N–H and O–H groups in total. The summed E-state index contributed by atoms with van der Waals surface area (Å²) in [6.45, 7) is 0.454. The number of carbonyl (C=O) groups is 1. The Bertz CT molecular complexity index is 830.